The predicted molar refractivity (Wildman–Crippen MR) is 151 cm³/mol. The smallest absolute Gasteiger partial charge is 0.382 e. The number of rotatable bonds is 7. The molecule has 2 aromatic carbocycles. The van der Waals surface area contributed by atoms with Crippen molar-refractivity contribution in [2.75, 3.05) is 0 Å². The number of Topliss-reactive ketones (excluding diaryl/α,β-unsaturated/α-hetero) is 2. The SMILES string of the molecule is O=C(Cn1nc(-c2nn(CC(=O)c3ccc(Cl)cc3)c3[n+]2CCCCC3)[n+]2c1CCCCC2)c1ccc(Cl)cc1.[Br-].[Br-]. The number of fused-ring (bicyclic) bond motifs is 2. The van der Waals surface area contributed by atoms with E-state index in [1.54, 1.807) is 48.5 Å². The summed E-state index contributed by atoms with van der Waals surface area (Å²) in [5.74, 6) is 3.60. The summed E-state index contributed by atoms with van der Waals surface area (Å²) >= 11 is 12.1. The number of carbonyl (C=O) groups is 2. The molecule has 0 amide bonds. The highest BCUT2D eigenvalue weighted by Crippen LogP contribution is 2.20. The maximum absolute atomic E-state index is 13.2. The van der Waals surface area contributed by atoms with Gasteiger partial charge in [-0.1, -0.05) is 23.2 Å². The maximum Gasteiger partial charge on any atom is 0.382 e. The van der Waals surface area contributed by atoms with Gasteiger partial charge in [-0.25, -0.2) is 9.13 Å². The van der Waals surface area contributed by atoms with Crippen molar-refractivity contribution >= 4 is 34.8 Å². The summed E-state index contributed by atoms with van der Waals surface area (Å²) in [6, 6.07) is 14.0. The first-order valence-corrected chi connectivity index (χ1v) is 14.8. The summed E-state index contributed by atoms with van der Waals surface area (Å²) in [6.07, 6.45) is 8.15. The van der Waals surface area contributed by atoms with Gasteiger partial charge in [0.15, 0.2) is 24.7 Å². The summed E-state index contributed by atoms with van der Waals surface area (Å²) in [5, 5.41) is 11.2. The molecule has 2 aromatic heterocycles. The first-order chi connectivity index (χ1) is 19.5. The van der Waals surface area contributed by atoms with E-state index in [2.05, 4.69) is 9.13 Å². The van der Waals surface area contributed by atoms with E-state index in [0.29, 0.717) is 21.2 Å². The molecule has 0 N–H and O–H groups in total. The van der Waals surface area contributed by atoms with E-state index in [9.17, 15) is 9.59 Å². The van der Waals surface area contributed by atoms with Gasteiger partial charge in [-0.2, -0.15) is 0 Å². The third kappa shape index (κ3) is 6.87. The van der Waals surface area contributed by atoms with Gasteiger partial charge in [-0.15, -0.1) is 9.36 Å². The average molecular weight is 739 g/mol. The summed E-state index contributed by atoms with van der Waals surface area (Å²) < 4.78 is 8.21. The number of ketones is 2. The molecule has 0 radical (unpaired) electrons. The Morgan fingerprint density at radius 1 is 0.619 bits per heavy atom. The first kappa shape index (κ1) is 32.5. The quantitative estimate of drug-likeness (QED) is 0.178. The van der Waals surface area contributed by atoms with Crippen LogP contribution in [0.1, 0.15) is 70.9 Å². The Kier molecular flexibility index (Phi) is 11.1. The van der Waals surface area contributed by atoms with Crippen molar-refractivity contribution in [3.8, 4) is 11.6 Å². The van der Waals surface area contributed by atoms with Gasteiger partial charge in [0.1, 0.15) is 0 Å². The number of carbonyl (C=O) groups excluding carboxylic acids is 2. The second-order valence-corrected chi connectivity index (χ2v) is 11.5. The predicted octanol–water partition coefficient (Wildman–Crippen LogP) is -1.14. The van der Waals surface area contributed by atoms with Crippen LogP contribution in [0.2, 0.25) is 10.0 Å². The van der Waals surface area contributed by atoms with Gasteiger partial charge in [-0.05, 0) is 87.1 Å². The fourth-order valence-corrected chi connectivity index (χ4v) is 6.00. The van der Waals surface area contributed by atoms with Crippen LogP contribution in [0.15, 0.2) is 48.5 Å². The van der Waals surface area contributed by atoms with Crippen molar-refractivity contribution in [1.29, 1.82) is 0 Å². The molecule has 2 aliphatic heterocycles. The van der Waals surface area contributed by atoms with E-state index in [1.807, 2.05) is 9.36 Å². The van der Waals surface area contributed by atoms with E-state index in [-0.39, 0.29) is 58.6 Å². The van der Waals surface area contributed by atoms with E-state index >= 15 is 0 Å². The van der Waals surface area contributed by atoms with Crippen molar-refractivity contribution in [1.82, 2.24) is 19.6 Å². The Balaban J connectivity index is 0.00000202. The highest BCUT2D eigenvalue weighted by Gasteiger charge is 2.39. The fraction of sp³-hybridized carbons (Fsp3) is 0.400. The minimum Gasteiger partial charge on any atom is -1.00 e. The van der Waals surface area contributed by atoms with Gasteiger partial charge in [-0.3, -0.25) is 9.59 Å². The zero-order valence-electron chi connectivity index (χ0n) is 23.1. The van der Waals surface area contributed by atoms with Crippen LogP contribution in [0.5, 0.6) is 0 Å². The zero-order valence-corrected chi connectivity index (χ0v) is 27.8. The van der Waals surface area contributed by atoms with E-state index < -0.39 is 0 Å². The average Bonchev–Trinajstić information content (AvgIpc) is 3.21. The summed E-state index contributed by atoms with van der Waals surface area (Å²) in [4.78, 5) is 26.4. The van der Waals surface area contributed by atoms with Crippen LogP contribution < -0.4 is 43.1 Å². The first-order valence-electron chi connectivity index (χ1n) is 14.0. The number of hydrogen-bond donors (Lipinski definition) is 0. The zero-order chi connectivity index (χ0) is 27.6. The number of benzene rings is 2. The lowest BCUT2D eigenvalue weighted by Gasteiger charge is -2.02. The standard InChI is InChI=1S/C30H32Cl2N6O2.2BrH/c31-23-13-9-21(10-14-23)25(39)19-37-27-7-3-1-5-17-35(27)29(33-37)30-34-38(28-8-4-2-6-18-36(28)30)20-26(40)22-11-15-24(32)16-12-22;;/h9-16H,1-8,17-20H2;2*1H/q+2;;/p-2. The van der Waals surface area contributed by atoms with Crippen LogP contribution in [0, 0.1) is 0 Å². The Bertz CT molecular complexity index is 1450. The molecule has 2 aliphatic rings. The number of hydrogen-bond acceptors (Lipinski definition) is 4. The van der Waals surface area contributed by atoms with Crippen molar-refractivity contribution < 1.29 is 52.7 Å². The second-order valence-electron chi connectivity index (χ2n) is 10.6. The maximum atomic E-state index is 13.2. The molecule has 4 heterocycles. The molecule has 42 heavy (non-hydrogen) atoms. The lowest BCUT2D eigenvalue weighted by Crippen LogP contribution is -3.00. The van der Waals surface area contributed by atoms with Crippen LogP contribution in [-0.2, 0) is 39.0 Å². The van der Waals surface area contributed by atoms with Gasteiger partial charge in [0, 0.05) is 34.0 Å². The van der Waals surface area contributed by atoms with Crippen LogP contribution in [0.3, 0.4) is 0 Å². The monoisotopic (exact) mass is 736 g/mol. The van der Waals surface area contributed by atoms with Gasteiger partial charge >= 0.3 is 11.6 Å². The molecule has 0 bridgehead atoms. The molecule has 4 aromatic rings. The summed E-state index contributed by atoms with van der Waals surface area (Å²) in [6.45, 7) is 1.95. The molecule has 0 saturated heterocycles. The fourth-order valence-electron chi connectivity index (χ4n) is 5.74. The van der Waals surface area contributed by atoms with E-state index in [1.165, 1.54) is 0 Å². The minimum atomic E-state index is -0.0102. The lowest BCUT2D eigenvalue weighted by atomic mass is 10.1. The van der Waals surface area contributed by atoms with Crippen molar-refractivity contribution in [3.05, 3.63) is 81.4 Å². The molecule has 222 valence electrons. The van der Waals surface area contributed by atoms with Crippen molar-refractivity contribution in [2.24, 2.45) is 0 Å². The van der Waals surface area contributed by atoms with E-state index in [0.717, 1.165) is 87.8 Å². The van der Waals surface area contributed by atoms with Crippen molar-refractivity contribution in [3.63, 3.8) is 0 Å². The van der Waals surface area contributed by atoms with Crippen LogP contribution in [-0.4, -0.2) is 31.1 Å². The Morgan fingerprint density at radius 2 is 1.00 bits per heavy atom. The number of aromatic nitrogens is 6. The third-order valence-electron chi connectivity index (χ3n) is 7.84. The van der Waals surface area contributed by atoms with Crippen LogP contribution in [0.4, 0.5) is 0 Å². The molecular formula is C30H32Br2Cl2N6O2. The molecular weight excluding hydrogens is 707 g/mol. The van der Waals surface area contributed by atoms with Crippen LogP contribution in [0.25, 0.3) is 11.6 Å². The molecule has 0 saturated carbocycles. The normalized spacial score (nSPS) is 14.4. The van der Waals surface area contributed by atoms with E-state index in [4.69, 9.17) is 33.4 Å². The van der Waals surface area contributed by atoms with Gasteiger partial charge < -0.3 is 34.0 Å². The molecule has 0 aliphatic carbocycles. The summed E-state index contributed by atoms with van der Waals surface area (Å²) in [5.41, 5.74) is 1.23. The van der Waals surface area contributed by atoms with Gasteiger partial charge in [0.05, 0.1) is 23.3 Å². The largest absolute Gasteiger partial charge is 1.00 e. The van der Waals surface area contributed by atoms with Gasteiger partial charge in [0.25, 0.3) is 0 Å². The molecule has 0 spiro atoms. The molecule has 0 atom stereocenters. The van der Waals surface area contributed by atoms with Gasteiger partial charge in [0.2, 0.25) is 11.6 Å². The number of nitrogens with zero attached hydrogens (tertiary/aromatic N) is 6. The minimum absolute atomic E-state index is 0. The molecule has 0 unspecified atom stereocenters. The third-order valence-corrected chi connectivity index (χ3v) is 8.35. The Morgan fingerprint density at radius 3 is 1.38 bits per heavy atom. The van der Waals surface area contributed by atoms with Crippen LogP contribution >= 0.6 is 23.2 Å². The highest BCUT2D eigenvalue weighted by atomic mass is 79.9. The molecule has 8 nitrogen and oxygen atoms in total. The second kappa shape index (κ2) is 14.4. The molecule has 12 heteroatoms. The topological polar surface area (TPSA) is 77.5 Å². The number of halogens is 4. The Hall–Kier alpha value is -2.40. The van der Waals surface area contributed by atoms with Crippen molar-refractivity contribution in [2.45, 2.75) is 77.5 Å². The summed E-state index contributed by atoms with van der Waals surface area (Å²) in [7, 11) is 0. The molecule has 0 fully saturated rings. The Labute approximate surface area is 276 Å². The highest BCUT2D eigenvalue weighted by molar-refractivity contribution is 6.31. The lowest BCUT2D eigenvalue weighted by molar-refractivity contribution is -0.721. The molecule has 6 rings (SSSR count).